The number of anilines is 1. The van der Waals surface area contributed by atoms with Gasteiger partial charge >= 0.3 is 6.03 Å². The molecule has 3 heterocycles. The first-order chi connectivity index (χ1) is 14.7. The van der Waals surface area contributed by atoms with E-state index in [1.54, 1.807) is 62.7 Å². The lowest BCUT2D eigenvalue weighted by Crippen LogP contribution is -2.47. The molecule has 3 aromatic rings. The first-order valence-corrected chi connectivity index (χ1v) is 10.2. The second-order valence-electron chi connectivity index (χ2n) is 7.13. The fourth-order valence-corrected chi connectivity index (χ4v) is 3.18. The molecule has 0 unspecified atom stereocenters. The number of thiazole rings is 1. The van der Waals surface area contributed by atoms with E-state index in [9.17, 15) is 9.59 Å². The number of methoxy groups -OCH3 is 1. The van der Waals surface area contributed by atoms with Crippen LogP contribution >= 0.6 is 11.3 Å². The quantitative estimate of drug-likeness (QED) is 0.592. The summed E-state index contributed by atoms with van der Waals surface area (Å²) in [7, 11) is 1.39. The van der Waals surface area contributed by atoms with E-state index >= 15 is 0 Å². The van der Waals surface area contributed by atoms with Gasteiger partial charge in [0.05, 0.1) is 21.3 Å². The Kier molecular flexibility index (Phi) is 6.62. The molecule has 2 N–H and O–H groups in total. The summed E-state index contributed by atoms with van der Waals surface area (Å²) in [6.07, 6.45) is 3.45. The first kappa shape index (κ1) is 22.3. The smallest absolute Gasteiger partial charge is 0.327 e. The molecule has 31 heavy (non-hydrogen) atoms. The van der Waals surface area contributed by atoms with E-state index in [2.05, 4.69) is 25.6 Å². The molecular formula is C21H23N5O4S. The van der Waals surface area contributed by atoms with E-state index in [0.717, 1.165) is 15.6 Å². The van der Waals surface area contributed by atoms with Crippen LogP contribution in [0, 0.1) is 13.8 Å². The summed E-state index contributed by atoms with van der Waals surface area (Å²) in [4.78, 5) is 38.0. The number of pyridine rings is 2. The van der Waals surface area contributed by atoms with Crippen LogP contribution < -0.4 is 15.4 Å². The fourth-order valence-electron chi connectivity index (χ4n) is 2.44. The molecule has 3 aromatic heterocycles. The lowest BCUT2D eigenvalue weighted by atomic mass is 10.1. The summed E-state index contributed by atoms with van der Waals surface area (Å²) in [6.45, 7) is 6.82. The maximum atomic E-state index is 12.1. The summed E-state index contributed by atoms with van der Waals surface area (Å²) in [5.41, 5.74) is 0.209. The average molecular weight is 442 g/mol. The molecule has 0 fully saturated rings. The predicted octanol–water partition coefficient (Wildman–Crippen LogP) is 4.08. The number of aromatic nitrogens is 3. The van der Waals surface area contributed by atoms with Crippen molar-refractivity contribution in [2.45, 2.75) is 33.3 Å². The number of urea groups is 1. The minimum Gasteiger partial charge on any atom is -0.455 e. The zero-order valence-corrected chi connectivity index (χ0v) is 18.7. The molecule has 0 atom stereocenters. The maximum Gasteiger partial charge on any atom is 0.327 e. The molecule has 9 nitrogen and oxygen atoms in total. The third kappa shape index (κ3) is 5.62. The highest BCUT2D eigenvalue weighted by Gasteiger charge is 2.28. The number of amides is 3. The largest absolute Gasteiger partial charge is 0.455 e. The molecule has 0 saturated heterocycles. The Hall–Kier alpha value is -3.37. The van der Waals surface area contributed by atoms with Gasteiger partial charge in [-0.2, -0.15) is 0 Å². The van der Waals surface area contributed by atoms with Crippen LogP contribution in [0.15, 0.2) is 36.7 Å². The number of carbonyl (C=O) groups excluding carboxylic acids is 2. The number of nitrogens with zero attached hydrogens (tertiary/aromatic N) is 3. The van der Waals surface area contributed by atoms with Crippen molar-refractivity contribution in [3.05, 3.63) is 47.4 Å². The summed E-state index contributed by atoms with van der Waals surface area (Å²) < 4.78 is 11.0. The zero-order chi connectivity index (χ0) is 22.6. The molecule has 0 saturated carbocycles. The van der Waals surface area contributed by atoms with Crippen molar-refractivity contribution in [1.82, 2.24) is 20.3 Å². The van der Waals surface area contributed by atoms with E-state index in [1.807, 2.05) is 13.0 Å². The predicted molar refractivity (Wildman–Crippen MR) is 117 cm³/mol. The van der Waals surface area contributed by atoms with E-state index < -0.39 is 17.5 Å². The lowest BCUT2D eigenvalue weighted by molar-refractivity contribution is -0.138. The Morgan fingerprint density at radius 3 is 2.55 bits per heavy atom. The minimum absolute atomic E-state index is 0.279. The first-order valence-electron chi connectivity index (χ1n) is 9.40. The van der Waals surface area contributed by atoms with Gasteiger partial charge in [-0.15, -0.1) is 11.3 Å². The van der Waals surface area contributed by atoms with Crippen molar-refractivity contribution in [3.8, 4) is 22.1 Å². The van der Waals surface area contributed by atoms with Crippen LogP contribution in [0.1, 0.15) is 24.5 Å². The number of nitrogens with one attached hydrogen (secondary N) is 2. The van der Waals surface area contributed by atoms with Gasteiger partial charge in [0.15, 0.2) is 0 Å². The highest BCUT2D eigenvalue weighted by molar-refractivity contribution is 7.15. The van der Waals surface area contributed by atoms with Crippen LogP contribution in [0.4, 0.5) is 10.6 Å². The average Bonchev–Trinajstić information content (AvgIpc) is 3.16. The molecule has 162 valence electrons. The number of ether oxygens (including phenoxy) is 2. The number of imide groups is 1. The second kappa shape index (κ2) is 9.19. The van der Waals surface area contributed by atoms with Gasteiger partial charge in [-0.1, -0.05) is 0 Å². The number of rotatable bonds is 6. The molecule has 0 aliphatic rings. The third-order valence-corrected chi connectivity index (χ3v) is 5.33. The molecule has 3 amide bonds. The van der Waals surface area contributed by atoms with Crippen molar-refractivity contribution in [3.63, 3.8) is 0 Å². The van der Waals surface area contributed by atoms with E-state index in [0.29, 0.717) is 17.2 Å². The van der Waals surface area contributed by atoms with Crippen LogP contribution in [-0.4, -0.2) is 39.6 Å². The van der Waals surface area contributed by atoms with Crippen molar-refractivity contribution >= 4 is 29.1 Å². The van der Waals surface area contributed by atoms with Crippen molar-refractivity contribution in [2.24, 2.45) is 0 Å². The highest BCUT2D eigenvalue weighted by atomic mass is 32.1. The Bertz CT molecular complexity index is 1110. The number of carbonyl (C=O) groups is 2. The Morgan fingerprint density at radius 1 is 1.13 bits per heavy atom. The SMILES string of the molecule is COC(C)(C)C(=O)NC(=O)Nc1ccc(Oc2ccnc(-c3cnc(C)s3)c2)c(C)n1. The van der Waals surface area contributed by atoms with Crippen LogP contribution in [-0.2, 0) is 9.53 Å². The van der Waals surface area contributed by atoms with Crippen LogP contribution in [0.5, 0.6) is 11.5 Å². The van der Waals surface area contributed by atoms with E-state index in [-0.39, 0.29) is 5.82 Å². The summed E-state index contributed by atoms with van der Waals surface area (Å²) in [6, 6.07) is 6.15. The van der Waals surface area contributed by atoms with Gasteiger partial charge in [0.1, 0.15) is 22.9 Å². The van der Waals surface area contributed by atoms with Crippen molar-refractivity contribution in [2.75, 3.05) is 12.4 Å². The Balaban J connectivity index is 1.67. The fraction of sp³-hybridized carbons (Fsp3) is 0.286. The van der Waals surface area contributed by atoms with E-state index in [1.165, 1.54) is 7.11 Å². The molecule has 0 spiro atoms. The molecule has 0 bridgehead atoms. The molecule has 0 aliphatic heterocycles. The van der Waals surface area contributed by atoms with Crippen LogP contribution in [0.25, 0.3) is 10.6 Å². The summed E-state index contributed by atoms with van der Waals surface area (Å²) >= 11 is 1.55. The molecular weight excluding hydrogens is 418 g/mol. The zero-order valence-electron chi connectivity index (χ0n) is 17.8. The maximum absolute atomic E-state index is 12.1. The monoisotopic (exact) mass is 441 g/mol. The molecule has 0 radical (unpaired) electrons. The highest BCUT2D eigenvalue weighted by Crippen LogP contribution is 2.30. The standard InChI is InChI=1S/C21H23N5O4S/c1-12-16(30-14-8-9-22-15(10-14)17-11-23-13(2)31-17)6-7-18(24-12)25-20(28)26-19(27)21(3,4)29-5/h6-11H,1-5H3,(H2,24,25,26,27,28). The normalized spacial score (nSPS) is 11.1. The summed E-state index contributed by atoms with van der Waals surface area (Å²) in [5, 5.41) is 5.71. The Morgan fingerprint density at radius 2 is 1.90 bits per heavy atom. The van der Waals surface area contributed by atoms with Gasteiger partial charge in [-0.3, -0.25) is 20.4 Å². The van der Waals surface area contributed by atoms with Crippen LogP contribution in [0.2, 0.25) is 0 Å². The minimum atomic E-state index is -1.13. The Labute approximate surface area is 183 Å². The van der Waals surface area contributed by atoms with Gasteiger partial charge in [-0.05, 0) is 45.9 Å². The third-order valence-electron chi connectivity index (χ3n) is 4.40. The molecule has 3 rings (SSSR count). The van der Waals surface area contributed by atoms with Gasteiger partial charge in [0, 0.05) is 25.6 Å². The number of hydrogen-bond acceptors (Lipinski definition) is 8. The van der Waals surface area contributed by atoms with Gasteiger partial charge in [0.2, 0.25) is 0 Å². The van der Waals surface area contributed by atoms with Gasteiger partial charge in [0.25, 0.3) is 5.91 Å². The topological polar surface area (TPSA) is 115 Å². The number of aryl methyl sites for hydroxylation is 2. The van der Waals surface area contributed by atoms with Crippen molar-refractivity contribution < 1.29 is 19.1 Å². The number of hydrogen-bond donors (Lipinski definition) is 2. The van der Waals surface area contributed by atoms with Gasteiger partial charge < -0.3 is 9.47 Å². The van der Waals surface area contributed by atoms with Crippen LogP contribution in [0.3, 0.4) is 0 Å². The lowest BCUT2D eigenvalue weighted by Gasteiger charge is -2.21. The molecule has 0 aromatic carbocycles. The van der Waals surface area contributed by atoms with Crippen molar-refractivity contribution in [1.29, 1.82) is 0 Å². The molecule has 0 aliphatic carbocycles. The second-order valence-corrected chi connectivity index (χ2v) is 8.36. The molecule has 10 heteroatoms. The van der Waals surface area contributed by atoms with E-state index in [4.69, 9.17) is 9.47 Å². The summed E-state index contributed by atoms with van der Waals surface area (Å²) in [5.74, 6) is 0.849. The van der Waals surface area contributed by atoms with Gasteiger partial charge in [-0.25, -0.2) is 14.8 Å².